The van der Waals surface area contributed by atoms with E-state index in [4.69, 9.17) is 0 Å². The van der Waals surface area contributed by atoms with Gasteiger partial charge in [-0.1, -0.05) is 49.7 Å². The van der Waals surface area contributed by atoms with Gasteiger partial charge in [-0.05, 0) is 42.5 Å². The molecule has 0 aliphatic carbocycles. The van der Waals surface area contributed by atoms with E-state index in [1.54, 1.807) is 6.07 Å². The highest BCUT2D eigenvalue weighted by Crippen LogP contribution is 2.23. The van der Waals surface area contributed by atoms with E-state index in [-0.39, 0.29) is 5.82 Å². The maximum absolute atomic E-state index is 13.1. The molecule has 0 radical (unpaired) electrons. The van der Waals surface area contributed by atoms with Crippen LogP contribution in [0.2, 0.25) is 0 Å². The highest BCUT2D eigenvalue weighted by molar-refractivity contribution is 9.10. The van der Waals surface area contributed by atoms with Crippen LogP contribution in [0, 0.1) is 17.7 Å². The molecule has 0 bridgehead atoms. The summed E-state index contributed by atoms with van der Waals surface area (Å²) in [6.45, 7) is 9.85. The van der Waals surface area contributed by atoms with E-state index in [0.717, 1.165) is 23.0 Å². The molecule has 1 aromatic carbocycles. The Kier molecular flexibility index (Phi) is 6.30. The van der Waals surface area contributed by atoms with Crippen molar-refractivity contribution < 1.29 is 4.39 Å². The van der Waals surface area contributed by atoms with Crippen molar-refractivity contribution in [1.29, 1.82) is 0 Å². The van der Waals surface area contributed by atoms with Crippen LogP contribution in [0.5, 0.6) is 0 Å². The van der Waals surface area contributed by atoms with Gasteiger partial charge in [-0.2, -0.15) is 0 Å². The van der Waals surface area contributed by atoms with E-state index in [1.807, 2.05) is 6.07 Å². The van der Waals surface area contributed by atoms with Crippen molar-refractivity contribution in [3.8, 4) is 0 Å². The van der Waals surface area contributed by atoms with E-state index < -0.39 is 0 Å². The number of rotatable bonds is 6. The van der Waals surface area contributed by atoms with Crippen LogP contribution >= 0.6 is 15.9 Å². The third-order valence-electron chi connectivity index (χ3n) is 3.61. The van der Waals surface area contributed by atoms with Gasteiger partial charge < -0.3 is 5.32 Å². The van der Waals surface area contributed by atoms with E-state index in [1.165, 1.54) is 6.07 Å². The molecule has 18 heavy (non-hydrogen) atoms. The van der Waals surface area contributed by atoms with Gasteiger partial charge >= 0.3 is 0 Å². The molecule has 0 heterocycles. The first-order valence-corrected chi connectivity index (χ1v) is 7.42. The minimum atomic E-state index is -0.192. The second kappa shape index (κ2) is 7.25. The summed E-state index contributed by atoms with van der Waals surface area (Å²) in [7, 11) is 0. The fourth-order valence-corrected chi connectivity index (χ4v) is 2.61. The molecule has 3 heteroatoms. The average Bonchev–Trinajstić information content (AvgIpc) is 2.30. The van der Waals surface area contributed by atoms with Crippen molar-refractivity contribution in [2.45, 2.75) is 40.2 Å². The van der Waals surface area contributed by atoms with Crippen molar-refractivity contribution in [2.75, 3.05) is 6.54 Å². The highest BCUT2D eigenvalue weighted by Gasteiger charge is 2.20. The molecule has 0 aliphatic rings. The van der Waals surface area contributed by atoms with E-state index in [2.05, 4.69) is 48.9 Å². The summed E-state index contributed by atoms with van der Waals surface area (Å²) >= 11 is 3.45. The van der Waals surface area contributed by atoms with Crippen molar-refractivity contribution in [2.24, 2.45) is 11.8 Å². The van der Waals surface area contributed by atoms with Crippen molar-refractivity contribution >= 4 is 15.9 Å². The summed E-state index contributed by atoms with van der Waals surface area (Å²) in [6.07, 6.45) is 0.925. The first-order chi connectivity index (χ1) is 8.45. The van der Waals surface area contributed by atoms with Gasteiger partial charge in [0.2, 0.25) is 0 Å². The Labute approximate surface area is 118 Å². The Morgan fingerprint density at radius 2 is 1.94 bits per heavy atom. The second-order valence-corrected chi connectivity index (χ2v) is 6.06. The van der Waals surface area contributed by atoms with Crippen molar-refractivity contribution in [3.63, 3.8) is 0 Å². The summed E-state index contributed by atoms with van der Waals surface area (Å²) in [5, 5.41) is 3.54. The minimum absolute atomic E-state index is 0.192. The van der Waals surface area contributed by atoms with Crippen LogP contribution in [-0.2, 0) is 6.42 Å². The molecule has 2 unspecified atom stereocenters. The Hall–Kier alpha value is -0.410. The van der Waals surface area contributed by atoms with Gasteiger partial charge in [0.15, 0.2) is 0 Å². The third kappa shape index (κ3) is 4.36. The Bertz CT molecular complexity index is 379. The molecule has 1 N–H and O–H groups in total. The van der Waals surface area contributed by atoms with E-state index in [9.17, 15) is 4.39 Å². The average molecular weight is 316 g/mol. The molecule has 1 rings (SSSR count). The normalized spacial score (nSPS) is 14.8. The zero-order valence-corrected chi connectivity index (χ0v) is 13.2. The molecular weight excluding hydrogens is 293 g/mol. The molecule has 1 aromatic rings. The summed E-state index contributed by atoms with van der Waals surface area (Å²) < 4.78 is 13.9. The van der Waals surface area contributed by atoms with Crippen molar-refractivity contribution in [3.05, 3.63) is 34.1 Å². The predicted octanol–water partition coefficient (Wildman–Crippen LogP) is 4.40. The third-order valence-corrected chi connectivity index (χ3v) is 4.35. The monoisotopic (exact) mass is 315 g/mol. The summed E-state index contributed by atoms with van der Waals surface area (Å²) in [6, 6.07) is 5.37. The Morgan fingerprint density at radius 3 is 2.44 bits per heavy atom. The largest absolute Gasteiger partial charge is 0.314 e. The quantitative estimate of drug-likeness (QED) is 0.820. The molecule has 1 nitrogen and oxygen atoms in total. The molecule has 0 aromatic heterocycles. The van der Waals surface area contributed by atoms with Crippen LogP contribution in [-0.4, -0.2) is 12.6 Å². The van der Waals surface area contributed by atoms with Gasteiger partial charge in [0, 0.05) is 10.5 Å². The number of hydrogen-bond acceptors (Lipinski definition) is 1. The van der Waals surface area contributed by atoms with Crippen LogP contribution in [0.15, 0.2) is 22.7 Å². The summed E-state index contributed by atoms with van der Waals surface area (Å²) in [4.78, 5) is 0. The van der Waals surface area contributed by atoms with Crippen LogP contribution < -0.4 is 5.32 Å². The van der Waals surface area contributed by atoms with Crippen LogP contribution in [0.4, 0.5) is 4.39 Å². The smallest absolute Gasteiger partial charge is 0.124 e. The molecule has 0 fully saturated rings. The number of hydrogen-bond donors (Lipinski definition) is 1. The lowest BCUT2D eigenvalue weighted by molar-refractivity contribution is 0.300. The van der Waals surface area contributed by atoms with Gasteiger partial charge in [0.05, 0.1) is 0 Å². The SMILES string of the molecule is CCNC(Cc1ccc(F)cc1Br)C(C)C(C)C. The Morgan fingerprint density at radius 1 is 1.28 bits per heavy atom. The van der Waals surface area contributed by atoms with E-state index in [0.29, 0.717) is 17.9 Å². The van der Waals surface area contributed by atoms with Crippen molar-refractivity contribution in [1.82, 2.24) is 5.32 Å². The molecule has 2 atom stereocenters. The predicted molar refractivity (Wildman–Crippen MR) is 79.3 cm³/mol. The van der Waals surface area contributed by atoms with Crippen LogP contribution in [0.1, 0.15) is 33.3 Å². The first-order valence-electron chi connectivity index (χ1n) is 6.63. The minimum Gasteiger partial charge on any atom is -0.314 e. The molecule has 0 saturated carbocycles. The van der Waals surface area contributed by atoms with E-state index >= 15 is 0 Å². The van der Waals surface area contributed by atoms with Gasteiger partial charge in [0.25, 0.3) is 0 Å². The van der Waals surface area contributed by atoms with Crippen LogP contribution in [0.3, 0.4) is 0 Å². The molecular formula is C15H23BrFN. The number of halogens is 2. The number of benzene rings is 1. The lowest BCUT2D eigenvalue weighted by Gasteiger charge is -2.28. The molecule has 0 amide bonds. The van der Waals surface area contributed by atoms with Gasteiger partial charge in [-0.15, -0.1) is 0 Å². The zero-order chi connectivity index (χ0) is 13.7. The summed E-state index contributed by atoms with van der Waals surface area (Å²) in [5.41, 5.74) is 1.16. The summed E-state index contributed by atoms with van der Waals surface area (Å²) in [5.74, 6) is 1.03. The maximum Gasteiger partial charge on any atom is 0.124 e. The highest BCUT2D eigenvalue weighted by atomic mass is 79.9. The number of nitrogens with one attached hydrogen (secondary N) is 1. The fourth-order valence-electron chi connectivity index (χ4n) is 2.09. The van der Waals surface area contributed by atoms with Crippen LogP contribution in [0.25, 0.3) is 0 Å². The topological polar surface area (TPSA) is 12.0 Å². The fraction of sp³-hybridized carbons (Fsp3) is 0.600. The maximum atomic E-state index is 13.1. The molecule has 102 valence electrons. The lowest BCUT2D eigenvalue weighted by atomic mass is 9.86. The molecule has 0 aliphatic heterocycles. The molecule has 0 saturated heterocycles. The number of likely N-dealkylation sites (N-methyl/N-ethyl adjacent to an activating group) is 1. The second-order valence-electron chi connectivity index (χ2n) is 5.21. The molecule has 0 spiro atoms. The lowest BCUT2D eigenvalue weighted by Crippen LogP contribution is -2.39. The van der Waals surface area contributed by atoms with Gasteiger partial charge in [-0.25, -0.2) is 4.39 Å². The Balaban J connectivity index is 2.82. The van der Waals surface area contributed by atoms with Gasteiger partial charge in [0.1, 0.15) is 5.82 Å². The zero-order valence-electron chi connectivity index (χ0n) is 11.6. The first kappa shape index (κ1) is 15.6. The van der Waals surface area contributed by atoms with Gasteiger partial charge in [-0.3, -0.25) is 0 Å². The standard InChI is InChI=1S/C15H23BrFN/c1-5-18-15(11(4)10(2)3)8-12-6-7-13(17)9-14(12)16/h6-7,9-11,15,18H,5,8H2,1-4H3.